The molecule has 5 nitrogen and oxygen atoms in total. The smallest absolute Gasteiger partial charge is 0.320 e. The molecule has 6 heteroatoms. The number of benzene rings is 1. The maximum Gasteiger partial charge on any atom is 0.320 e. The lowest BCUT2D eigenvalue weighted by atomic mass is 10.2. The summed E-state index contributed by atoms with van der Waals surface area (Å²) in [6.07, 6.45) is 2.08. The molecule has 0 bridgehead atoms. The van der Waals surface area contributed by atoms with Gasteiger partial charge in [-0.2, -0.15) is 0 Å². The zero-order valence-corrected chi connectivity index (χ0v) is 12.7. The SMILES string of the molecule is CCC(C(=O)O)N(C)Cc1coc(-c2cccc(Cl)c2)n1. The summed E-state index contributed by atoms with van der Waals surface area (Å²) in [6.45, 7) is 2.25. The highest BCUT2D eigenvalue weighted by Crippen LogP contribution is 2.22. The minimum Gasteiger partial charge on any atom is -0.480 e. The van der Waals surface area contributed by atoms with Crippen molar-refractivity contribution in [3.05, 3.63) is 41.2 Å². The first-order chi connectivity index (χ1) is 10.0. The van der Waals surface area contributed by atoms with Gasteiger partial charge in [0.15, 0.2) is 0 Å². The second-order valence-corrected chi connectivity index (χ2v) is 5.27. The van der Waals surface area contributed by atoms with E-state index in [2.05, 4.69) is 4.98 Å². The number of aliphatic carboxylic acids is 1. The van der Waals surface area contributed by atoms with E-state index in [0.717, 1.165) is 5.56 Å². The van der Waals surface area contributed by atoms with Crippen molar-refractivity contribution in [1.29, 1.82) is 0 Å². The van der Waals surface area contributed by atoms with Gasteiger partial charge in [0.2, 0.25) is 5.89 Å². The van der Waals surface area contributed by atoms with Crippen molar-refractivity contribution in [3.8, 4) is 11.5 Å². The van der Waals surface area contributed by atoms with Crippen LogP contribution in [0.3, 0.4) is 0 Å². The van der Waals surface area contributed by atoms with Crippen molar-refractivity contribution in [2.45, 2.75) is 25.9 Å². The molecule has 0 fully saturated rings. The van der Waals surface area contributed by atoms with Crippen LogP contribution in [-0.2, 0) is 11.3 Å². The molecule has 0 aliphatic heterocycles. The Morgan fingerprint density at radius 1 is 1.52 bits per heavy atom. The molecule has 0 saturated carbocycles. The first-order valence-corrected chi connectivity index (χ1v) is 7.02. The van der Waals surface area contributed by atoms with E-state index in [1.54, 1.807) is 30.3 Å². The van der Waals surface area contributed by atoms with Crippen molar-refractivity contribution >= 4 is 17.6 Å². The van der Waals surface area contributed by atoms with E-state index < -0.39 is 12.0 Å². The fraction of sp³-hybridized carbons (Fsp3) is 0.333. The maximum atomic E-state index is 11.1. The van der Waals surface area contributed by atoms with Crippen molar-refractivity contribution in [2.75, 3.05) is 7.05 Å². The third-order valence-corrected chi connectivity index (χ3v) is 3.47. The molecule has 1 atom stereocenters. The van der Waals surface area contributed by atoms with Crippen LogP contribution in [0.25, 0.3) is 11.5 Å². The molecule has 0 amide bonds. The normalized spacial score (nSPS) is 12.6. The summed E-state index contributed by atoms with van der Waals surface area (Å²) in [6, 6.07) is 6.70. The van der Waals surface area contributed by atoms with Gasteiger partial charge < -0.3 is 9.52 Å². The van der Waals surface area contributed by atoms with Crippen LogP contribution in [0.15, 0.2) is 34.9 Å². The van der Waals surface area contributed by atoms with Gasteiger partial charge in [0.1, 0.15) is 12.3 Å². The third kappa shape index (κ3) is 3.83. The van der Waals surface area contributed by atoms with E-state index >= 15 is 0 Å². The number of aromatic nitrogens is 1. The molecule has 0 saturated heterocycles. The van der Waals surface area contributed by atoms with Gasteiger partial charge in [-0.15, -0.1) is 0 Å². The van der Waals surface area contributed by atoms with Crippen LogP contribution in [0.4, 0.5) is 0 Å². The van der Waals surface area contributed by atoms with E-state index in [4.69, 9.17) is 21.1 Å². The molecule has 1 aromatic heterocycles. The van der Waals surface area contributed by atoms with Crippen molar-refractivity contribution in [2.24, 2.45) is 0 Å². The van der Waals surface area contributed by atoms with Gasteiger partial charge in [0.05, 0.1) is 5.69 Å². The van der Waals surface area contributed by atoms with E-state index in [-0.39, 0.29) is 0 Å². The fourth-order valence-electron chi connectivity index (χ4n) is 2.17. The predicted octanol–water partition coefficient (Wildman–Crippen LogP) is 3.29. The van der Waals surface area contributed by atoms with Crippen LogP contribution in [0.5, 0.6) is 0 Å². The highest BCUT2D eigenvalue weighted by Gasteiger charge is 2.21. The lowest BCUT2D eigenvalue weighted by Crippen LogP contribution is -2.37. The number of carboxylic acid groups (broad SMARTS) is 1. The fourth-order valence-corrected chi connectivity index (χ4v) is 2.36. The number of hydrogen-bond donors (Lipinski definition) is 1. The van der Waals surface area contributed by atoms with Gasteiger partial charge in [-0.3, -0.25) is 9.69 Å². The van der Waals surface area contributed by atoms with Crippen LogP contribution in [-0.4, -0.2) is 34.0 Å². The summed E-state index contributed by atoms with van der Waals surface area (Å²) in [5.74, 6) is -0.358. The zero-order valence-electron chi connectivity index (χ0n) is 11.9. The summed E-state index contributed by atoms with van der Waals surface area (Å²) in [7, 11) is 1.76. The Kier molecular flexibility index (Phi) is 4.98. The van der Waals surface area contributed by atoms with Gasteiger partial charge in [-0.1, -0.05) is 24.6 Å². The standard InChI is InChI=1S/C15H17ClN2O3/c1-3-13(15(19)20)18(2)8-12-9-21-14(17-12)10-5-4-6-11(16)7-10/h4-7,9,13H,3,8H2,1-2H3,(H,19,20). The molecule has 112 valence electrons. The molecule has 0 aliphatic carbocycles. The number of halogens is 1. The number of hydrogen-bond acceptors (Lipinski definition) is 4. The van der Waals surface area contributed by atoms with Gasteiger partial charge in [0, 0.05) is 17.1 Å². The topological polar surface area (TPSA) is 66.6 Å². The van der Waals surface area contributed by atoms with Crippen LogP contribution >= 0.6 is 11.6 Å². The molecule has 2 rings (SSSR count). The number of nitrogens with zero attached hydrogens (tertiary/aromatic N) is 2. The molecule has 21 heavy (non-hydrogen) atoms. The lowest BCUT2D eigenvalue weighted by molar-refractivity contribution is -0.143. The van der Waals surface area contributed by atoms with Crippen LogP contribution < -0.4 is 0 Å². The Morgan fingerprint density at radius 2 is 2.29 bits per heavy atom. The van der Waals surface area contributed by atoms with Crippen molar-refractivity contribution in [3.63, 3.8) is 0 Å². The van der Waals surface area contributed by atoms with Gasteiger partial charge in [0.25, 0.3) is 0 Å². The van der Waals surface area contributed by atoms with E-state index in [1.165, 1.54) is 0 Å². The van der Waals surface area contributed by atoms with Crippen LogP contribution in [0.2, 0.25) is 5.02 Å². The maximum absolute atomic E-state index is 11.1. The average Bonchev–Trinajstić information content (AvgIpc) is 2.87. The molecule has 0 spiro atoms. The first kappa shape index (κ1) is 15.5. The number of carbonyl (C=O) groups is 1. The Bertz CT molecular complexity index is 627. The Labute approximate surface area is 128 Å². The molecule has 1 heterocycles. The minimum absolute atomic E-state index is 0.412. The van der Waals surface area contributed by atoms with E-state index in [9.17, 15) is 4.79 Å². The number of rotatable bonds is 6. The molecule has 1 aromatic carbocycles. The number of likely N-dealkylation sites (N-methyl/N-ethyl adjacent to an activating group) is 1. The zero-order chi connectivity index (χ0) is 15.4. The Balaban J connectivity index is 2.12. The van der Waals surface area contributed by atoms with Crippen LogP contribution in [0.1, 0.15) is 19.0 Å². The van der Waals surface area contributed by atoms with Crippen molar-refractivity contribution < 1.29 is 14.3 Å². The Hall–Kier alpha value is -1.85. The number of carboxylic acids is 1. The van der Waals surface area contributed by atoms with E-state index in [0.29, 0.717) is 29.6 Å². The molecule has 0 aliphatic rings. The quantitative estimate of drug-likeness (QED) is 0.887. The third-order valence-electron chi connectivity index (χ3n) is 3.24. The Morgan fingerprint density at radius 3 is 2.90 bits per heavy atom. The highest BCUT2D eigenvalue weighted by molar-refractivity contribution is 6.30. The highest BCUT2D eigenvalue weighted by atomic mass is 35.5. The largest absolute Gasteiger partial charge is 0.480 e. The molecular formula is C15H17ClN2O3. The van der Waals surface area contributed by atoms with Crippen molar-refractivity contribution in [1.82, 2.24) is 9.88 Å². The van der Waals surface area contributed by atoms with Gasteiger partial charge in [-0.05, 0) is 31.7 Å². The molecule has 2 aromatic rings. The summed E-state index contributed by atoms with van der Waals surface area (Å²) in [5, 5.41) is 9.75. The van der Waals surface area contributed by atoms with E-state index in [1.807, 2.05) is 19.1 Å². The van der Waals surface area contributed by atoms with Crippen LogP contribution in [0, 0.1) is 0 Å². The second-order valence-electron chi connectivity index (χ2n) is 4.83. The number of oxazole rings is 1. The van der Waals surface area contributed by atoms with Gasteiger partial charge >= 0.3 is 5.97 Å². The first-order valence-electron chi connectivity index (χ1n) is 6.64. The lowest BCUT2D eigenvalue weighted by Gasteiger charge is -2.21. The summed E-state index contributed by atoms with van der Waals surface area (Å²) in [5.41, 5.74) is 1.48. The molecule has 1 N–H and O–H groups in total. The molecule has 0 radical (unpaired) electrons. The molecule has 1 unspecified atom stereocenters. The average molecular weight is 309 g/mol. The summed E-state index contributed by atoms with van der Waals surface area (Å²) >= 11 is 5.94. The van der Waals surface area contributed by atoms with Gasteiger partial charge in [-0.25, -0.2) is 4.98 Å². The summed E-state index contributed by atoms with van der Waals surface area (Å²) < 4.78 is 5.44. The minimum atomic E-state index is -0.835. The molecular weight excluding hydrogens is 292 g/mol. The predicted molar refractivity (Wildman–Crippen MR) is 80.1 cm³/mol. The monoisotopic (exact) mass is 308 g/mol. The summed E-state index contributed by atoms with van der Waals surface area (Å²) in [4.78, 5) is 17.2. The second kappa shape index (κ2) is 6.74.